The Kier molecular flexibility index (Phi) is 6.40. The molecule has 1 heteroatoms. The molecule has 0 aromatic carbocycles. The fourth-order valence-corrected chi connectivity index (χ4v) is 1.83. The minimum absolute atomic E-state index is 0.336. The summed E-state index contributed by atoms with van der Waals surface area (Å²) in [6, 6.07) is 0.388. The van der Waals surface area contributed by atoms with Crippen molar-refractivity contribution in [2.45, 2.75) is 72.3 Å². The molecule has 0 aromatic rings. The molecule has 13 heavy (non-hydrogen) atoms. The molecule has 1 unspecified atom stereocenters. The van der Waals surface area contributed by atoms with Gasteiger partial charge >= 0.3 is 0 Å². The molecule has 0 saturated carbocycles. The summed E-state index contributed by atoms with van der Waals surface area (Å²) in [5.74, 6) is 0. The van der Waals surface area contributed by atoms with Crippen LogP contribution >= 0.6 is 0 Å². The highest BCUT2D eigenvalue weighted by Crippen LogP contribution is 2.28. The molecular formula is C12H27N. The molecule has 0 aliphatic carbocycles. The van der Waals surface area contributed by atoms with E-state index < -0.39 is 0 Å². The predicted octanol–water partition coefficient (Wildman–Crippen LogP) is 3.72. The van der Waals surface area contributed by atoms with Gasteiger partial charge in [0, 0.05) is 6.04 Å². The first kappa shape index (κ1) is 13.0. The molecule has 0 aliphatic heterocycles. The van der Waals surface area contributed by atoms with Gasteiger partial charge in [0.15, 0.2) is 0 Å². The van der Waals surface area contributed by atoms with Gasteiger partial charge in [-0.05, 0) is 18.3 Å². The van der Waals surface area contributed by atoms with Crippen molar-refractivity contribution in [3.8, 4) is 0 Å². The second-order valence-electron chi connectivity index (χ2n) is 4.84. The second kappa shape index (κ2) is 6.42. The Morgan fingerprint density at radius 1 is 1.08 bits per heavy atom. The largest absolute Gasteiger partial charge is 0.327 e. The van der Waals surface area contributed by atoms with E-state index in [1.807, 2.05) is 0 Å². The average Bonchev–Trinajstić information content (AvgIpc) is 2.04. The molecule has 0 spiro atoms. The summed E-state index contributed by atoms with van der Waals surface area (Å²) in [5, 5.41) is 0. The number of hydrogen-bond acceptors (Lipinski definition) is 1. The van der Waals surface area contributed by atoms with Crippen LogP contribution in [0.1, 0.15) is 66.2 Å². The molecule has 2 N–H and O–H groups in total. The molecular weight excluding hydrogens is 158 g/mol. The van der Waals surface area contributed by atoms with E-state index in [9.17, 15) is 0 Å². The molecule has 0 rings (SSSR count). The fourth-order valence-electron chi connectivity index (χ4n) is 1.83. The van der Waals surface area contributed by atoms with E-state index in [0.717, 1.165) is 0 Å². The highest BCUT2D eigenvalue weighted by atomic mass is 14.7. The van der Waals surface area contributed by atoms with Gasteiger partial charge < -0.3 is 5.73 Å². The van der Waals surface area contributed by atoms with Crippen LogP contribution in [-0.4, -0.2) is 6.04 Å². The molecule has 0 fully saturated rings. The Labute approximate surface area is 84.1 Å². The summed E-state index contributed by atoms with van der Waals surface area (Å²) in [5.41, 5.74) is 6.51. The minimum Gasteiger partial charge on any atom is -0.327 e. The quantitative estimate of drug-likeness (QED) is 0.601. The van der Waals surface area contributed by atoms with Crippen LogP contribution in [-0.2, 0) is 0 Å². The maximum absolute atomic E-state index is 6.18. The lowest BCUT2D eigenvalue weighted by Gasteiger charge is -2.31. The van der Waals surface area contributed by atoms with Gasteiger partial charge in [0.05, 0.1) is 0 Å². The van der Waals surface area contributed by atoms with E-state index in [1.54, 1.807) is 0 Å². The third-order valence-corrected chi connectivity index (χ3v) is 3.02. The van der Waals surface area contributed by atoms with Crippen molar-refractivity contribution in [3.63, 3.8) is 0 Å². The SMILES string of the molecule is CCCCCC(N)C(C)(C)CCC. The van der Waals surface area contributed by atoms with Crippen LogP contribution in [0.25, 0.3) is 0 Å². The summed E-state index contributed by atoms with van der Waals surface area (Å²) in [6.45, 7) is 9.07. The van der Waals surface area contributed by atoms with Gasteiger partial charge in [-0.3, -0.25) is 0 Å². The maximum Gasteiger partial charge on any atom is 0.00902 e. The number of nitrogens with two attached hydrogens (primary N) is 1. The normalized spacial score (nSPS) is 14.5. The van der Waals surface area contributed by atoms with E-state index in [-0.39, 0.29) is 0 Å². The van der Waals surface area contributed by atoms with Gasteiger partial charge in [-0.25, -0.2) is 0 Å². The predicted molar refractivity (Wildman–Crippen MR) is 60.8 cm³/mol. The summed E-state index contributed by atoms with van der Waals surface area (Å²) >= 11 is 0. The standard InChI is InChI=1S/C12H27N/c1-5-7-8-9-11(13)12(3,4)10-6-2/h11H,5-10,13H2,1-4H3. The summed E-state index contributed by atoms with van der Waals surface area (Å²) in [6.07, 6.45) is 7.61. The molecule has 0 radical (unpaired) electrons. The summed E-state index contributed by atoms with van der Waals surface area (Å²) < 4.78 is 0. The van der Waals surface area contributed by atoms with Crippen molar-refractivity contribution in [1.29, 1.82) is 0 Å². The van der Waals surface area contributed by atoms with E-state index in [1.165, 1.54) is 38.5 Å². The third kappa shape index (κ3) is 5.30. The van der Waals surface area contributed by atoms with Crippen LogP contribution < -0.4 is 5.73 Å². The average molecular weight is 185 g/mol. The van der Waals surface area contributed by atoms with Gasteiger partial charge in [-0.1, -0.05) is 53.4 Å². The first-order valence-electron chi connectivity index (χ1n) is 5.80. The Morgan fingerprint density at radius 3 is 2.15 bits per heavy atom. The maximum atomic E-state index is 6.18. The van der Waals surface area contributed by atoms with Crippen molar-refractivity contribution in [2.24, 2.45) is 11.1 Å². The molecule has 1 nitrogen and oxygen atoms in total. The van der Waals surface area contributed by atoms with Gasteiger partial charge in [0.1, 0.15) is 0 Å². The lowest BCUT2D eigenvalue weighted by atomic mass is 9.78. The van der Waals surface area contributed by atoms with Gasteiger partial charge in [0.25, 0.3) is 0 Å². The topological polar surface area (TPSA) is 26.0 Å². The molecule has 0 aliphatic rings. The lowest BCUT2D eigenvalue weighted by Crippen LogP contribution is -2.37. The molecule has 0 aromatic heterocycles. The Balaban J connectivity index is 3.72. The van der Waals surface area contributed by atoms with Gasteiger partial charge in [0.2, 0.25) is 0 Å². The van der Waals surface area contributed by atoms with Crippen molar-refractivity contribution in [3.05, 3.63) is 0 Å². The molecule has 0 saturated heterocycles. The second-order valence-corrected chi connectivity index (χ2v) is 4.84. The first-order chi connectivity index (χ1) is 6.04. The summed E-state index contributed by atoms with van der Waals surface area (Å²) in [4.78, 5) is 0. The minimum atomic E-state index is 0.336. The zero-order valence-corrected chi connectivity index (χ0v) is 9.90. The molecule has 0 heterocycles. The molecule has 1 atom stereocenters. The fraction of sp³-hybridized carbons (Fsp3) is 1.00. The van der Waals surface area contributed by atoms with Crippen molar-refractivity contribution < 1.29 is 0 Å². The molecule has 80 valence electrons. The van der Waals surface area contributed by atoms with E-state index in [0.29, 0.717) is 11.5 Å². The van der Waals surface area contributed by atoms with E-state index >= 15 is 0 Å². The van der Waals surface area contributed by atoms with Crippen molar-refractivity contribution >= 4 is 0 Å². The van der Waals surface area contributed by atoms with E-state index in [2.05, 4.69) is 27.7 Å². The zero-order chi connectivity index (χ0) is 10.3. The Bertz CT molecular complexity index is 118. The van der Waals surface area contributed by atoms with Crippen LogP contribution in [0, 0.1) is 5.41 Å². The van der Waals surface area contributed by atoms with Crippen LogP contribution in [0.4, 0.5) is 0 Å². The third-order valence-electron chi connectivity index (χ3n) is 3.02. The smallest absolute Gasteiger partial charge is 0.00902 e. The van der Waals surface area contributed by atoms with Crippen LogP contribution in [0.15, 0.2) is 0 Å². The van der Waals surface area contributed by atoms with Gasteiger partial charge in [-0.2, -0.15) is 0 Å². The number of rotatable bonds is 7. The van der Waals surface area contributed by atoms with Crippen LogP contribution in [0.5, 0.6) is 0 Å². The van der Waals surface area contributed by atoms with Crippen molar-refractivity contribution in [1.82, 2.24) is 0 Å². The highest BCUT2D eigenvalue weighted by Gasteiger charge is 2.24. The lowest BCUT2D eigenvalue weighted by molar-refractivity contribution is 0.245. The summed E-state index contributed by atoms with van der Waals surface area (Å²) in [7, 11) is 0. The molecule has 0 amide bonds. The van der Waals surface area contributed by atoms with Crippen molar-refractivity contribution in [2.75, 3.05) is 0 Å². The number of hydrogen-bond donors (Lipinski definition) is 1. The highest BCUT2D eigenvalue weighted by molar-refractivity contribution is 4.80. The Hall–Kier alpha value is -0.0400. The van der Waals surface area contributed by atoms with Gasteiger partial charge in [-0.15, -0.1) is 0 Å². The number of unbranched alkanes of at least 4 members (excludes halogenated alkanes) is 2. The zero-order valence-electron chi connectivity index (χ0n) is 9.90. The molecule has 0 bridgehead atoms. The monoisotopic (exact) mass is 185 g/mol. The van der Waals surface area contributed by atoms with E-state index in [4.69, 9.17) is 5.73 Å². The van der Waals surface area contributed by atoms with Crippen LogP contribution in [0.2, 0.25) is 0 Å². The van der Waals surface area contributed by atoms with Crippen LogP contribution in [0.3, 0.4) is 0 Å². The Morgan fingerprint density at radius 2 is 1.69 bits per heavy atom. The first-order valence-corrected chi connectivity index (χ1v) is 5.80.